The van der Waals surface area contributed by atoms with Crippen LogP contribution in [0.4, 0.5) is 0 Å². The average Bonchev–Trinajstić information content (AvgIpc) is 3.00. The maximum atomic E-state index is 13.2. The molecule has 2 fully saturated rings. The highest BCUT2D eigenvalue weighted by atomic mass is 35.5. The number of carbonyl (C=O) groups excluding carboxylic acids is 1. The van der Waals surface area contributed by atoms with E-state index in [0.29, 0.717) is 5.92 Å². The summed E-state index contributed by atoms with van der Waals surface area (Å²) < 4.78 is 0. The molecule has 0 bridgehead atoms. The Morgan fingerprint density at radius 1 is 1.30 bits per heavy atom. The number of benzene rings is 1. The number of hydrogen-bond acceptors (Lipinski definition) is 2. The van der Waals surface area contributed by atoms with E-state index in [0.717, 1.165) is 45.2 Å². The molecule has 1 aromatic carbocycles. The molecular formula is C19H29ClN2O. The Hall–Kier alpha value is -1.06. The van der Waals surface area contributed by atoms with Crippen LogP contribution in [-0.2, 0) is 10.2 Å². The van der Waals surface area contributed by atoms with Crippen LogP contribution in [0.15, 0.2) is 24.3 Å². The molecule has 1 heterocycles. The first-order valence-electron chi connectivity index (χ1n) is 8.71. The van der Waals surface area contributed by atoms with E-state index in [-0.39, 0.29) is 29.8 Å². The van der Waals surface area contributed by atoms with Crippen molar-refractivity contribution in [1.29, 1.82) is 0 Å². The molecule has 1 aliphatic heterocycles. The molecule has 128 valence electrons. The van der Waals surface area contributed by atoms with E-state index < -0.39 is 0 Å². The summed E-state index contributed by atoms with van der Waals surface area (Å²) in [5.74, 6) is 0.803. The van der Waals surface area contributed by atoms with E-state index in [1.165, 1.54) is 11.1 Å². The van der Waals surface area contributed by atoms with Crippen LogP contribution in [0.25, 0.3) is 0 Å². The molecule has 4 heteroatoms. The van der Waals surface area contributed by atoms with Gasteiger partial charge in [0, 0.05) is 12.6 Å². The van der Waals surface area contributed by atoms with Gasteiger partial charge in [-0.2, -0.15) is 0 Å². The molecule has 2 atom stereocenters. The van der Waals surface area contributed by atoms with Gasteiger partial charge in [0.25, 0.3) is 0 Å². The molecule has 3 rings (SSSR count). The molecule has 3 nitrogen and oxygen atoms in total. The Morgan fingerprint density at radius 3 is 2.70 bits per heavy atom. The van der Waals surface area contributed by atoms with Gasteiger partial charge in [-0.3, -0.25) is 4.79 Å². The molecule has 1 aliphatic carbocycles. The minimum atomic E-state index is -0.302. The molecule has 0 aromatic heterocycles. The van der Waals surface area contributed by atoms with Crippen LogP contribution >= 0.6 is 12.4 Å². The van der Waals surface area contributed by atoms with Crippen molar-refractivity contribution < 1.29 is 4.79 Å². The molecule has 1 amide bonds. The summed E-state index contributed by atoms with van der Waals surface area (Å²) in [5, 5.41) is 6.78. The Balaban J connectivity index is 0.00000192. The summed E-state index contributed by atoms with van der Waals surface area (Å²) in [6.45, 7) is 6.32. The van der Waals surface area contributed by atoms with E-state index in [2.05, 4.69) is 48.7 Å². The monoisotopic (exact) mass is 336 g/mol. The van der Waals surface area contributed by atoms with Gasteiger partial charge >= 0.3 is 0 Å². The van der Waals surface area contributed by atoms with Crippen molar-refractivity contribution in [2.45, 2.75) is 57.4 Å². The fourth-order valence-corrected chi connectivity index (χ4v) is 4.06. The topological polar surface area (TPSA) is 41.1 Å². The van der Waals surface area contributed by atoms with Crippen molar-refractivity contribution in [3.63, 3.8) is 0 Å². The quantitative estimate of drug-likeness (QED) is 0.888. The first kappa shape index (κ1) is 18.3. The summed E-state index contributed by atoms with van der Waals surface area (Å²) in [6, 6.07) is 8.80. The van der Waals surface area contributed by atoms with Gasteiger partial charge in [0.2, 0.25) is 5.91 Å². The van der Waals surface area contributed by atoms with Gasteiger partial charge in [0.1, 0.15) is 0 Å². The zero-order valence-corrected chi connectivity index (χ0v) is 15.0. The van der Waals surface area contributed by atoms with Crippen molar-refractivity contribution in [3.05, 3.63) is 35.4 Å². The van der Waals surface area contributed by atoms with Crippen LogP contribution in [0.1, 0.15) is 50.2 Å². The van der Waals surface area contributed by atoms with Gasteiger partial charge in [-0.1, -0.05) is 49.6 Å². The maximum absolute atomic E-state index is 13.2. The second kappa shape index (κ2) is 7.67. The molecule has 23 heavy (non-hydrogen) atoms. The highest BCUT2D eigenvalue weighted by molar-refractivity contribution is 5.89. The SMILES string of the molecule is Cc1cccc(C2(C(=O)NC3CNCCC3C)CCCC2)c1.Cl. The first-order valence-corrected chi connectivity index (χ1v) is 8.71. The summed E-state index contributed by atoms with van der Waals surface area (Å²) >= 11 is 0. The molecular weight excluding hydrogens is 308 g/mol. The van der Waals surface area contributed by atoms with E-state index >= 15 is 0 Å². The van der Waals surface area contributed by atoms with Crippen LogP contribution in [0.5, 0.6) is 0 Å². The Labute approximate surface area is 146 Å². The Bertz CT molecular complexity index is 540. The third-order valence-corrected chi connectivity index (χ3v) is 5.61. The van der Waals surface area contributed by atoms with Gasteiger partial charge in [-0.15, -0.1) is 12.4 Å². The summed E-state index contributed by atoms with van der Waals surface area (Å²) in [7, 11) is 0. The zero-order valence-electron chi connectivity index (χ0n) is 14.2. The molecule has 2 aliphatic rings. The number of nitrogens with one attached hydrogen (secondary N) is 2. The van der Waals surface area contributed by atoms with Crippen molar-refractivity contribution in [1.82, 2.24) is 10.6 Å². The van der Waals surface area contributed by atoms with E-state index in [1.807, 2.05) is 0 Å². The van der Waals surface area contributed by atoms with Gasteiger partial charge in [0.15, 0.2) is 0 Å². The normalized spacial score (nSPS) is 26.3. The van der Waals surface area contributed by atoms with E-state index in [1.54, 1.807) is 0 Å². The van der Waals surface area contributed by atoms with Crippen LogP contribution in [0.2, 0.25) is 0 Å². The Morgan fingerprint density at radius 2 is 2.04 bits per heavy atom. The van der Waals surface area contributed by atoms with E-state index in [4.69, 9.17) is 0 Å². The lowest BCUT2D eigenvalue weighted by molar-refractivity contribution is -0.127. The smallest absolute Gasteiger partial charge is 0.230 e. The fourth-order valence-electron chi connectivity index (χ4n) is 4.06. The minimum Gasteiger partial charge on any atom is -0.351 e. The number of hydrogen-bond donors (Lipinski definition) is 2. The third kappa shape index (κ3) is 3.72. The van der Waals surface area contributed by atoms with Crippen LogP contribution < -0.4 is 10.6 Å². The van der Waals surface area contributed by atoms with Crippen molar-refractivity contribution >= 4 is 18.3 Å². The lowest BCUT2D eigenvalue weighted by atomic mass is 9.77. The van der Waals surface area contributed by atoms with E-state index in [9.17, 15) is 4.79 Å². The lowest BCUT2D eigenvalue weighted by Crippen LogP contribution is -2.54. The van der Waals surface area contributed by atoms with Crippen LogP contribution in [0, 0.1) is 12.8 Å². The number of aryl methyl sites for hydroxylation is 1. The first-order chi connectivity index (χ1) is 10.6. The van der Waals surface area contributed by atoms with Gasteiger partial charge in [0.05, 0.1) is 5.41 Å². The Kier molecular flexibility index (Phi) is 6.10. The van der Waals surface area contributed by atoms with Crippen molar-refractivity contribution in [2.75, 3.05) is 13.1 Å². The minimum absolute atomic E-state index is 0. The fraction of sp³-hybridized carbons (Fsp3) is 0.632. The second-order valence-corrected chi connectivity index (χ2v) is 7.21. The molecule has 2 unspecified atom stereocenters. The highest BCUT2D eigenvalue weighted by Gasteiger charge is 2.43. The predicted octanol–water partition coefficient (Wildman–Crippen LogP) is 3.34. The summed E-state index contributed by atoms with van der Waals surface area (Å²) in [5.41, 5.74) is 2.15. The molecule has 1 saturated heterocycles. The van der Waals surface area contributed by atoms with Gasteiger partial charge in [-0.05, 0) is 44.2 Å². The van der Waals surface area contributed by atoms with Crippen molar-refractivity contribution in [2.24, 2.45) is 5.92 Å². The second-order valence-electron chi connectivity index (χ2n) is 7.21. The van der Waals surface area contributed by atoms with Crippen LogP contribution in [-0.4, -0.2) is 25.0 Å². The summed E-state index contributed by atoms with van der Waals surface area (Å²) in [4.78, 5) is 13.2. The zero-order chi connectivity index (χ0) is 15.6. The number of rotatable bonds is 3. The predicted molar refractivity (Wildman–Crippen MR) is 97.2 cm³/mol. The van der Waals surface area contributed by atoms with Crippen LogP contribution in [0.3, 0.4) is 0 Å². The number of amides is 1. The average molecular weight is 337 g/mol. The van der Waals surface area contributed by atoms with Crippen molar-refractivity contribution in [3.8, 4) is 0 Å². The molecule has 2 N–H and O–H groups in total. The van der Waals surface area contributed by atoms with Gasteiger partial charge < -0.3 is 10.6 Å². The number of piperidine rings is 1. The molecule has 0 radical (unpaired) electrons. The molecule has 1 saturated carbocycles. The lowest BCUT2D eigenvalue weighted by Gasteiger charge is -2.35. The largest absolute Gasteiger partial charge is 0.351 e. The molecule has 0 spiro atoms. The number of carbonyl (C=O) groups is 1. The number of halogens is 1. The highest BCUT2D eigenvalue weighted by Crippen LogP contribution is 2.41. The standard InChI is InChI=1S/C19H28N2O.ClH/c1-14-6-5-7-16(12-14)19(9-3-4-10-19)18(22)21-17-13-20-11-8-15(17)2;/h5-7,12,15,17,20H,3-4,8-11,13H2,1-2H3,(H,21,22);1H. The molecule has 1 aromatic rings. The van der Waals surface area contributed by atoms with Gasteiger partial charge in [-0.25, -0.2) is 0 Å². The summed E-state index contributed by atoms with van der Waals surface area (Å²) in [6.07, 6.45) is 5.41. The maximum Gasteiger partial charge on any atom is 0.230 e. The third-order valence-electron chi connectivity index (χ3n) is 5.61.